The van der Waals surface area contributed by atoms with E-state index in [-0.39, 0.29) is 11.9 Å². The van der Waals surface area contributed by atoms with E-state index in [9.17, 15) is 4.79 Å². The molecule has 1 amide bonds. The number of nitrogens with zero attached hydrogens (tertiary/aromatic N) is 1. The highest BCUT2D eigenvalue weighted by Crippen LogP contribution is 2.26. The van der Waals surface area contributed by atoms with Gasteiger partial charge >= 0.3 is 0 Å². The van der Waals surface area contributed by atoms with Crippen molar-refractivity contribution in [1.82, 2.24) is 10.3 Å². The van der Waals surface area contributed by atoms with Crippen LogP contribution in [0.25, 0.3) is 0 Å². The SMILES string of the molecule is C[C@@H](NC(=O)c1ccc(COc2cccc(N)c2)nc1)C1CCCCC1. The summed E-state index contributed by atoms with van der Waals surface area (Å²) in [7, 11) is 0. The number of ether oxygens (including phenoxy) is 1. The van der Waals surface area contributed by atoms with Crippen LogP contribution in [0.5, 0.6) is 5.75 Å². The smallest absolute Gasteiger partial charge is 0.253 e. The van der Waals surface area contributed by atoms with Crippen molar-refractivity contribution in [3.63, 3.8) is 0 Å². The number of carbonyl (C=O) groups excluding carboxylic acids is 1. The minimum Gasteiger partial charge on any atom is -0.487 e. The average Bonchev–Trinajstić information content (AvgIpc) is 2.67. The van der Waals surface area contributed by atoms with Gasteiger partial charge in [-0.05, 0) is 49.9 Å². The number of amides is 1. The largest absolute Gasteiger partial charge is 0.487 e. The first-order chi connectivity index (χ1) is 12.6. The standard InChI is InChI=1S/C21H27N3O2/c1-15(16-6-3-2-4-7-16)24-21(25)17-10-11-19(23-13-17)14-26-20-9-5-8-18(22)12-20/h5,8-13,15-16H,2-4,6-7,14,22H2,1H3,(H,24,25)/t15-/m1/s1. The summed E-state index contributed by atoms with van der Waals surface area (Å²) >= 11 is 0. The van der Waals surface area contributed by atoms with Crippen molar-refractivity contribution in [1.29, 1.82) is 0 Å². The summed E-state index contributed by atoms with van der Waals surface area (Å²) in [6, 6.07) is 11.1. The van der Waals surface area contributed by atoms with Gasteiger partial charge in [-0.15, -0.1) is 0 Å². The molecule has 1 atom stereocenters. The number of nitrogen functional groups attached to an aromatic ring is 1. The first-order valence-electron chi connectivity index (χ1n) is 9.36. The minimum absolute atomic E-state index is 0.0566. The van der Waals surface area contributed by atoms with Crippen LogP contribution in [0.15, 0.2) is 42.6 Å². The molecule has 1 aromatic carbocycles. The summed E-state index contributed by atoms with van der Waals surface area (Å²) < 4.78 is 5.67. The van der Waals surface area contributed by atoms with Crippen LogP contribution < -0.4 is 15.8 Å². The van der Waals surface area contributed by atoms with Gasteiger partial charge in [0, 0.05) is 24.0 Å². The molecule has 1 aliphatic carbocycles. The molecule has 5 heteroatoms. The molecule has 1 fully saturated rings. The van der Waals surface area contributed by atoms with Gasteiger partial charge in [-0.3, -0.25) is 9.78 Å². The highest BCUT2D eigenvalue weighted by Gasteiger charge is 2.21. The van der Waals surface area contributed by atoms with Crippen LogP contribution in [0.2, 0.25) is 0 Å². The van der Waals surface area contributed by atoms with Crippen LogP contribution in [-0.2, 0) is 6.61 Å². The van der Waals surface area contributed by atoms with E-state index in [1.54, 1.807) is 18.3 Å². The zero-order valence-corrected chi connectivity index (χ0v) is 15.3. The lowest BCUT2D eigenvalue weighted by atomic mass is 9.84. The van der Waals surface area contributed by atoms with E-state index in [0.29, 0.717) is 29.5 Å². The lowest BCUT2D eigenvalue weighted by Gasteiger charge is -2.28. The predicted molar refractivity (Wildman–Crippen MR) is 103 cm³/mol. The Morgan fingerprint density at radius 3 is 2.77 bits per heavy atom. The van der Waals surface area contributed by atoms with Crippen molar-refractivity contribution in [2.24, 2.45) is 5.92 Å². The maximum atomic E-state index is 12.4. The molecule has 0 saturated heterocycles. The quantitative estimate of drug-likeness (QED) is 0.771. The third kappa shape index (κ3) is 4.97. The number of nitrogens with two attached hydrogens (primary N) is 1. The Balaban J connectivity index is 1.52. The summed E-state index contributed by atoms with van der Waals surface area (Å²) in [5.41, 5.74) is 7.75. The molecule has 0 aliphatic heterocycles. The van der Waals surface area contributed by atoms with Crippen molar-refractivity contribution < 1.29 is 9.53 Å². The molecule has 0 bridgehead atoms. The topological polar surface area (TPSA) is 77.2 Å². The molecule has 1 aliphatic rings. The molecule has 3 rings (SSSR count). The van der Waals surface area contributed by atoms with Gasteiger partial charge in [-0.2, -0.15) is 0 Å². The van der Waals surface area contributed by atoms with Crippen molar-refractivity contribution in [3.05, 3.63) is 53.9 Å². The maximum Gasteiger partial charge on any atom is 0.253 e. The average molecular weight is 353 g/mol. The monoisotopic (exact) mass is 353 g/mol. The molecule has 138 valence electrons. The summed E-state index contributed by atoms with van der Waals surface area (Å²) in [5, 5.41) is 3.13. The molecule has 5 nitrogen and oxygen atoms in total. The number of carbonyl (C=O) groups is 1. The van der Waals surface area contributed by atoms with Gasteiger partial charge in [-0.1, -0.05) is 25.3 Å². The molecule has 2 aromatic rings. The van der Waals surface area contributed by atoms with Crippen LogP contribution in [-0.4, -0.2) is 16.9 Å². The zero-order valence-electron chi connectivity index (χ0n) is 15.3. The third-order valence-electron chi connectivity index (χ3n) is 5.05. The second-order valence-corrected chi connectivity index (χ2v) is 7.06. The van der Waals surface area contributed by atoms with Gasteiger partial charge < -0.3 is 15.8 Å². The first-order valence-corrected chi connectivity index (χ1v) is 9.36. The molecule has 1 aromatic heterocycles. The Bertz CT molecular complexity index is 724. The van der Waals surface area contributed by atoms with Gasteiger partial charge in [0.25, 0.3) is 5.91 Å². The number of benzene rings is 1. The highest BCUT2D eigenvalue weighted by molar-refractivity contribution is 5.94. The molecule has 3 N–H and O–H groups in total. The minimum atomic E-state index is -0.0566. The van der Waals surface area contributed by atoms with E-state index >= 15 is 0 Å². The number of hydrogen-bond acceptors (Lipinski definition) is 4. The van der Waals surface area contributed by atoms with E-state index in [1.165, 1.54) is 32.1 Å². The summed E-state index contributed by atoms with van der Waals surface area (Å²) in [6.45, 7) is 2.44. The second-order valence-electron chi connectivity index (χ2n) is 7.06. The highest BCUT2D eigenvalue weighted by atomic mass is 16.5. The van der Waals surface area contributed by atoms with Crippen molar-refractivity contribution in [2.45, 2.75) is 51.7 Å². The van der Waals surface area contributed by atoms with Gasteiger partial charge in [0.15, 0.2) is 0 Å². The maximum absolute atomic E-state index is 12.4. The number of rotatable bonds is 6. The summed E-state index contributed by atoms with van der Waals surface area (Å²) in [4.78, 5) is 16.8. The van der Waals surface area contributed by atoms with Crippen molar-refractivity contribution in [3.8, 4) is 5.75 Å². The number of aromatic nitrogens is 1. The van der Waals surface area contributed by atoms with Crippen LogP contribution in [0.3, 0.4) is 0 Å². The lowest BCUT2D eigenvalue weighted by molar-refractivity contribution is 0.0919. The molecular formula is C21H27N3O2. The second kappa shape index (κ2) is 8.70. The van der Waals surface area contributed by atoms with Gasteiger partial charge in [0.05, 0.1) is 11.3 Å². The fourth-order valence-corrected chi connectivity index (χ4v) is 3.45. The van der Waals surface area contributed by atoms with Gasteiger partial charge in [-0.25, -0.2) is 0 Å². The number of anilines is 1. The number of hydrogen-bond donors (Lipinski definition) is 2. The molecular weight excluding hydrogens is 326 g/mol. The third-order valence-corrected chi connectivity index (χ3v) is 5.05. The van der Waals surface area contributed by atoms with E-state index in [1.807, 2.05) is 24.3 Å². The van der Waals surface area contributed by atoms with Gasteiger partial charge in [0.1, 0.15) is 12.4 Å². The Hall–Kier alpha value is -2.56. The lowest BCUT2D eigenvalue weighted by Crippen LogP contribution is -2.38. The van der Waals surface area contributed by atoms with Gasteiger partial charge in [0.2, 0.25) is 0 Å². The number of nitrogens with one attached hydrogen (secondary N) is 1. The van der Waals surface area contributed by atoms with E-state index < -0.39 is 0 Å². The van der Waals surface area contributed by atoms with Crippen LogP contribution in [0.1, 0.15) is 55.1 Å². The Kier molecular flexibility index (Phi) is 6.10. The first kappa shape index (κ1) is 18.2. The van der Waals surface area contributed by atoms with Crippen molar-refractivity contribution >= 4 is 11.6 Å². The van der Waals surface area contributed by atoms with Crippen LogP contribution in [0, 0.1) is 5.92 Å². The Morgan fingerprint density at radius 1 is 1.27 bits per heavy atom. The van der Waals surface area contributed by atoms with E-state index in [2.05, 4.69) is 17.2 Å². The normalized spacial score (nSPS) is 16.0. The van der Waals surface area contributed by atoms with Crippen molar-refractivity contribution in [2.75, 3.05) is 5.73 Å². The number of pyridine rings is 1. The fraction of sp³-hybridized carbons (Fsp3) is 0.429. The predicted octanol–water partition coefficient (Wildman–Crippen LogP) is 3.94. The molecule has 0 unspecified atom stereocenters. The molecule has 1 heterocycles. The Morgan fingerprint density at radius 2 is 2.08 bits per heavy atom. The molecule has 0 spiro atoms. The summed E-state index contributed by atoms with van der Waals surface area (Å²) in [5.74, 6) is 1.24. The Labute approximate surface area is 155 Å². The van der Waals surface area contributed by atoms with E-state index in [4.69, 9.17) is 10.5 Å². The molecule has 26 heavy (non-hydrogen) atoms. The van der Waals surface area contributed by atoms with Crippen LogP contribution in [0.4, 0.5) is 5.69 Å². The van der Waals surface area contributed by atoms with E-state index in [0.717, 1.165) is 5.69 Å². The van der Waals surface area contributed by atoms with Crippen LogP contribution >= 0.6 is 0 Å². The molecule has 1 saturated carbocycles. The summed E-state index contributed by atoms with van der Waals surface area (Å²) in [6.07, 6.45) is 7.89. The fourth-order valence-electron chi connectivity index (χ4n) is 3.45. The zero-order chi connectivity index (χ0) is 18.4. The molecule has 0 radical (unpaired) electrons.